The van der Waals surface area contributed by atoms with E-state index < -0.39 is 0 Å². The number of nitrogens with zero attached hydrogens (tertiary/aromatic N) is 2. The SMILES string of the molecule is CC[C@@H](NC(=O)c1cn2ccc(C)cc2n1)c1ccc(OC)cc1. The van der Waals surface area contributed by atoms with Gasteiger partial charge in [0.15, 0.2) is 0 Å². The molecule has 1 N–H and O–H groups in total. The van der Waals surface area contributed by atoms with Gasteiger partial charge in [0.05, 0.1) is 13.2 Å². The van der Waals surface area contributed by atoms with Crippen LogP contribution >= 0.6 is 0 Å². The minimum absolute atomic E-state index is 0.0602. The van der Waals surface area contributed by atoms with Gasteiger partial charge in [-0.25, -0.2) is 4.98 Å². The molecule has 0 fully saturated rings. The van der Waals surface area contributed by atoms with Crippen LogP contribution < -0.4 is 10.1 Å². The maximum Gasteiger partial charge on any atom is 0.271 e. The number of nitrogens with one attached hydrogen (secondary N) is 1. The van der Waals surface area contributed by atoms with Crippen LogP contribution in [-0.4, -0.2) is 22.4 Å². The van der Waals surface area contributed by atoms with Crippen LogP contribution in [0, 0.1) is 6.92 Å². The van der Waals surface area contributed by atoms with Crippen LogP contribution in [0.4, 0.5) is 0 Å². The number of pyridine rings is 1. The number of methoxy groups -OCH3 is 1. The zero-order chi connectivity index (χ0) is 17.1. The van der Waals surface area contributed by atoms with Crippen molar-refractivity contribution in [3.63, 3.8) is 0 Å². The van der Waals surface area contributed by atoms with Gasteiger partial charge in [-0.2, -0.15) is 0 Å². The second kappa shape index (κ2) is 6.74. The minimum Gasteiger partial charge on any atom is -0.497 e. The Morgan fingerprint density at radius 2 is 2.04 bits per heavy atom. The Labute approximate surface area is 141 Å². The Morgan fingerprint density at radius 1 is 1.29 bits per heavy atom. The van der Waals surface area contributed by atoms with Gasteiger partial charge in [-0.15, -0.1) is 0 Å². The van der Waals surface area contributed by atoms with E-state index in [1.54, 1.807) is 13.3 Å². The van der Waals surface area contributed by atoms with E-state index in [-0.39, 0.29) is 11.9 Å². The molecule has 3 aromatic rings. The molecule has 1 amide bonds. The van der Waals surface area contributed by atoms with E-state index in [4.69, 9.17) is 4.74 Å². The maximum absolute atomic E-state index is 12.6. The van der Waals surface area contributed by atoms with Gasteiger partial charge in [-0.3, -0.25) is 4.79 Å². The van der Waals surface area contributed by atoms with E-state index in [2.05, 4.69) is 10.3 Å². The molecule has 0 radical (unpaired) electrons. The molecule has 0 aliphatic heterocycles. The number of rotatable bonds is 5. The highest BCUT2D eigenvalue weighted by molar-refractivity contribution is 5.93. The number of amides is 1. The number of aromatic nitrogens is 2. The summed E-state index contributed by atoms with van der Waals surface area (Å²) in [4.78, 5) is 17.0. The van der Waals surface area contributed by atoms with Gasteiger partial charge in [0.2, 0.25) is 0 Å². The predicted molar refractivity (Wildman–Crippen MR) is 93.4 cm³/mol. The third-order valence-electron chi connectivity index (χ3n) is 4.08. The summed E-state index contributed by atoms with van der Waals surface area (Å²) in [5, 5.41) is 3.06. The fraction of sp³-hybridized carbons (Fsp3) is 0.263. The second-order valence-corrected chi connectivity index (χ2v) is 5.80. The highest BCUT2D eigenvalue weighted by Gasteiger charge is 2.16. The Balaban J connectivity index is 1.79. The summed E-state index contributed by atoms with van der Waals surface area (Å²) in [6.45, 7) is 4.05. The highest BCUT2D eigenvalue weighted by atomic mass is 16.5. The largest absolute Gasteiger partial charge is 0.497 e. The number of carbonyl (C=O) groups is 1. The van der Waals surface area contributed by atoms with Crippen LogP contribution in [0.2, 0.25) is 0 Å². The molecule has 0 aliphatic rings. The quantitative estimate of drug-likeness (QED) is 0.781. The van der Waals surface area contributed by atoms with Crippen molar-refractivity contribution in [3.05, 3.63) is 65.6 Å². The van der Waals surface area contributed by atoms with Gasteiger partial charge in [0.25, 0.3) is 5.91 Å². The number of ether oxygens (including phenoxy) is 1. The molecule has 2 aromatic heterocycles. The fourth-order valence-corrected chi connectivity index (χ4v) is 2.68. The number of hydrogen-bond acceptors (Lipinski definition) is 3. The first kappa shape index (κ1) is 16.1. The molecule has 0 aliphatic carbocycles. The number of fused-ring (bicyclic) bond motifs is 1. The number of carbonyl (C=O) groups excluding carboxylic acids is 1. The summed E-state index contributed by atoms with van der Waals surface area (Å²) in [5.41, 5.74) is 3.36. The van der Waals surface area contributed by atoms with Crippen molar-refractivity contribution in [1.82, 2.24) is 14.7 Å². The van der Waals surface area contributed by atoms with Gasteiger partial charge < -0.3 is 14.5 Å². The van der Waals surface area contributed by atoms with Crippen molar-refractivity contribution in [2.75, 3.05) is 7.11 Å². The number of benzene rings is 1. The van der Waals surface area contributed by atoms with Gasteiger partial charge in [-0.05, 0) is 48.7 Å². The average molecular weight is 323 g/mol. The van der Waals surface area contributed by atoms with E-state index >= 15 is 0 Å². The zero-order valence-corrected chi connectivity index (χ0v) is 14.1. The van der Waals surface area contributed by atoms with Gasteiger partial charge in [-0.1, -0.05) is 19.1 Å². The molecule has 3 rings (SSSR count). The van der Waals surface area contributed by atoms with E-state index in [0.717, 1.165) is 28.9 Å². The molecule has 124 valence electrons. The molecule has 0 saturated heterocycles. The minimum atomic E-state index is -0.168. The summed E-state index contributed by atoms with van der Waals surface area (Å²) in [6.07, 6.45) is 4.46. The van der Waals surface area contributed by atoms with Crippen LogP contribution in [0.15, 0.2) is 48.8 Å². The van der Waals surface area contributed by atoms with Crippen LogP contribution in [0.5, 0.6) is 5.75 Å². The van der Waals surface area contributed by atoms with E-state index in [9.17, 15) is 4.79 Å². The molecule has 24 heavy (non-hydrogen) atoms. The van der Waals surface area contributed by atoms with Crippen molar-refractivity contribution >= 4 is 11.6 Å². The van der Waals surface area contributed by atoms with E-state index in [0.29, 0.717) is 5.69 Å². The number of imidazole rings is 1. The van der Waals surface area contributed by atoms with Crippen LogP contribution in [0.3, 0.4) is 0 Å². The predicted octanol–water partition coefficient (Wildman–Crippen LogP) is 3.53. The van der Waals surface area contributed by atoms with Gasteiger partial charge in [0.1, 0.15) is 17.1 Å². The normalized spacial score (nSPS) is 12.1. The molecule has 5 nitrogen and oxygen atoms in total. The topological polar surface area (TPSA) is 55.6 Å². The van der Waals surface area contributed by atoms with Crippen LogP contribution in [0.1, 0.15) is 41.0 Å². The van der Waals surface area contributed by atoms with Crippen LogP contribution in [0.25, 0.3) is 5.65 Å². The molecular formula is C19H21N3O2. The molecular weight excluding hydrogens is 302 g/mol. The molecule has 0 saturated carbocycles. The molecule has 0 spiro atoms. The average Bonchev–Trinajstić information content (AvgIpc) is 3.03. The maximum atomic E-state index is 12.6. The molecule has 0 unspecified atom stereocenters. The summed E-state index contributed by atoms with van der Waals surface area (Å²) in [7, 11) is 1.64. The molecule has 1 aromatic carbocycles. The van der Waals surface area contributed by atoms with Crippen molar-refractivity contribution in [2.24, 2.45) is 0 Å². The molecule has 5 heteroatoms. The lowest BCUT2D eigenvalue weighted by Gasteiger charge is -2.17. The second-order valence-electron chi connectivity index (χ2n) is 5.80. The fourth-order valence-electron chi connectivity index (χ4n) is 2.68. The third kappa shape index (κ3) is 3.25. The zero-order valence-electron chi connectivity index (χ0n) is 14.1. The molecule has 2 heterocycles. The Kier molecular flexibility index (Phi) is 4.51. The smallest absolute Gasteiger partial charge is 0.271 e. The summed E-state index contributed by atoms with van der Waals surface area (Å²) in [6, 6.07) is 11.6. The first-order valence-electron chi connectivity index (χ1n) is 8.01. The van der Waals surface area contributed by atoms with Crippen LogP contribution in [-0.2, 0) is 0 Å². The van der Waals surface area contributed by atoms with Crippen molar-refractivity contribution in [1.29, 1.82) is 0 Å². The first-order chi connectivity index (χ1) is 11.6. The lowest BCUT2D eigenvalue weighted by Crippen LogP contribution is -2.28. The first-order valence-corrected chi connectivity index (χ1v) is 8.01. The summed E-state index contributed by atoms with van der Waals surface area (Å²) >= 11 is 0. The lowest BCUT2D eigenvalue weighted by molar-refractivity contribution is 0.0931. The van der Waals surface area contributed by atoms with Crippen molar-refractivity contribution < 1.29 is 9.53 Å². The standard InChI is InChI=1S/C19H21N3O2/c1-4-16(14-5-7-15(24-3)8-6-14)21-19(23)17-12-22-10-9-13(2)11-18(22)20-17/h5-12,16H,4H2,1-3H3,(H,21,23)/t16-/m1/s1. The lowest BCUT2D eigenvalue weighted by atomic mass is 10.0. The summed E-state index contributed by atoms with van der Waals surface area (Å²) in [5.74, 6) is 0.634. The van der Waals surface area contributed by atoms with Gasteiger partial charge in [0, 0.05) is 12.4 Å². The Bertz CT molecular complexity index is 853. The van der Waals surface area contributed by atoms with E-state index in [1.807, 2.05) is 60.8 Å². The van der Waals surface area contributed by atoms with Crippen molar-refractivity contribution in [2.45, 2.75) is 26.3 Å². The number of aryl methyl sites for hydroxylation is 1. The monoisotopic (exact) mass is 323 g/mol. The number of hydrogen-bond donors (Lipinski definition) is 1. The Morgan fingerprint density at radius 3 is 2.71 bits per heavy atom. The Hall–Kier alpha value is -2.82. The highest BCUT2D eigenvalue weighted by Crippen LogP contribution is 2.20. The van der Waals surface area contributed by atoms with Crippen molar-refractivity contribution in [3.8, 4) is 5.75 Å². The van der Waals surface area contributed by atoms with Gasteiger partial charge >= 0.3 is 0 Å². The summed E-state index contributed by atoms with van der Waals surface area (Å²) < 4.78 is 7.03. The van der Waals surface area contributed by atoms with E-state index in [1.165, 1.54) is 0 Å². The molecule has 1 atom stereocenters. The molecule has 0 bridgehead atoms. The third-order valence-corrected chi connectivity index (χ3v) is 4.08.